The highest BCUT2D eigenvalue weighted by molar-refractivity contribution is 5.98. The molecule has 0 saturated carbocycles. The molecule has 2 aliphatic heterocycles. The predicted molar refractivity (Wildman–Crippen MR) is 108 cm³/mol. The van der Waals surface area contributed by atoms with Crippen LogP contribution in [0.4, 0.5) is 0 Å². The highest BCUT2D eigenvalue weighted by Crippen LogP contribution is 2.18. The van der Waals surface area contributed by atoms with Crippen molar-refractivity contribution >= 4 is 11.8 Å². The lowest BCUT2D eigenvalue weighted by molar-refractivity contribution is 0.0683. The van der Waals surface area contributed by atoms with Gasteiger partial charge in [0.15, 0.2) is 5.69 Å². The van der Waals surface area contributed by atoms with Crippen LogP contribution in [0.15, 0.2) is 30.3 Å². The van der Waals surface area contributed by atoms with Crippen molar-refractivity contribution in [2.24, 2.45) is 0 Å². The molecule has 1 N–H and O–H groups in total. The first-order chi connectivity index (χ1) is 14.1. The van der Waals surface area contributed by atoms with Crippen LogP contribution in [0.25, 0.3) is 0 Å². The van der Waals surface area contributed by atoms with Crippen LogP contribution in [-0.4, -0.2) is 71.2 Å². The summed E-state index contributed by atoms with van der Waals surface area (Å²) in [6.07, 6.45) is 2.47. The number of rotatable bonds is 7. The zero-order valence-electron chi connectivity index (χ0n) is 16.8. The Labute approximate surface area is 170 Å². The molecule has 4 rings (SSSR count). The summed E-state index contributed by atoms with van der Waals surface area (Å²) in [6.45, 7) is 5.33. The Balaban J connectivity index is 1.36. The van der Waals surface area contributed by atoms with Crippen LogP contribution in [0.1, 0.15) is 39.4 Å². The fraction of sp³-hybridized carbons (Fsp3) is 0.476. The zero-order valence-corrected chi connectivity index (χ0v) is 16.8. The van der Waals surface area contributed by atoms with Crippen molar-refractivity contribution in [2.75, 3.05) is 39.8 Å². The second-order valence-electron chi connectivity index (χ2n) is 7.52. The first-order valence-corrected chi connectivity index (χ1v) is 10.1. The van der Waals surface area contributed by atoms with Gasteiger partial charge in [-0.25, -0.2) is 0 Å². The number of aromatic nitrogens is 2. The van der Waals surface area contributed by atoms with Gasteiger partial charge in [0, 0.05) is 32.2 Å². The number of nitrogens with zero attached hydrogens (tertiary/aromatic N) is 4. The van der Waals surface area contributed by atoms with Crippen molar-refractivity contribution in [3.63, 3.8) is 0 Å². The van der Waals surface area contributed by atoms with Gasteiger partial charge in [-0.05, 0) is 43.6 Å². The first kappa shape index (κ1) is 19.4. The van der Waals surface area contributed by atoms with E-state index < -0.39 is 0 Å². The number of fused-ring (bicyclic) bond motifs is 1. The summed E-state index contributed by atoms with van der Waals surface area (Å²) in [5, 5.41) is 7.26. The van der Waals surface area contributed by atoms with Crippen molar-refractivity contribution in [2.45, 2.75) is 25.9 Å². The van der Waals surface area contributed by atoms with E-state index in [1.807, 2.05) is 24.3 Å². The van der Waals surface area contributed by atoms with Crippen molar-refractivity contribution in [1.29, 1.82) is 0 Å². The minimum Gasteiger partial charge on any atom is -0.497 e. The van der Waals surface area contributed by atoms with E-state index in [-0.39, 0.29) is 11.8 Å². The summed E-state index contributed by atoms with van der Waals surface area (Å²) in [7, 11) is 1.63. The third-order valence-electron chi connectivity index (χ3n) is 5.55. The molecular weight excluding hydrogens is 370 g/mol. The molecule has 8 heteroatoms. The molecule has 0 spiro atoms. The number of amides is 2. The van der Waals surface area contributed by atoms with Crippen LogP contribution < -0.4 is 10.1 Å². The highest BCUT2D eigenvalue weighted by Gasteiger charge is 2.28. The van der Waals surface area contributed by atoms with Crippen molar-refractivity contribution < 1.29 is 14.3 Å². The van der Waals surface area contributed by atoms with Gasteiger partial charge in [-0.1, -0.05) is 12.1 Å². The van der Waals surface area contributed by atoms with Gasteiger partial charge in [0.1, 0.15) is 11.4 Å². The van der Waals surface area contributed by atoms with E-state index in [0.29, 0.717) is 37.6 Å². The molecule has 2 aromatic rings. The van der Waals surface area contributed by atoms with Crippen LogP contribution in [0.2, 0.25) is 0 Å². The van der Waals surface area contributed by atoms with Gasteiger partial charge >= 0.3 is 0 Å². The standard InChI is InChI=1S/C21H27N5O3/c1-29-17-6-4-16(5-7-17)15-25-12-13-26-19(21(25)28)14-18(23-26)20(27)22-8-11-24-9-2-3-10-24/h4-7,14H,2-3,8-13,15H2,1H3,(H,22,27). The third-order valence-corrected chi connectivity index (χ3v) is 5.55. The highest BCUT2D eigenvalue weighted by atomic mass is 16.5. The molecule has 1 saturated heterocycles. The van der Waals surface area contributed by atoms with E-state index in [0.717, 1.165) is 30.9 Å². The smallest absolute Gasteiger partial charge is 0.272 e. The first-order valence-electron chi connectivity index (χ1n) is 10.1. The minimum atomic E-state index is -0.222. The van der Waals surface area contributed by atoms with Gasteiger partial charge in [-0.2, -0.15) is 5.10 Å². The zero-order chi connectivity index (χ0) is 20.2. The van der Waals surface area contributed by atoms with E-state index >= 15 is 0 Å². The Morgan fingerprint density at radius 2 is 1.90 bits per heavy atom. The molecule has 1 aromatic carbocycles. The molecule has 1 fully saturated rings. The summed E-state index contributed by atoms with van der Waals surface area (Å²) in [5.41, 5.74) is 1.81. The van der Waals surface area contributed by atoms with Crippen LogP contribution in [0.3, 0.4) is 0 Å². The summed E-state index contributed by atoms with van der Waals surface area (Å²) in [4.78, 5) is 29.4. The Hall–Kier alpha value is -2.87. The normalized spacial score (nSPS) is 16.7. The number of ether oxygens (including phenoxy) is 1. The molecular formula is C21H27N5O3. The van der Waals surface area contributed by atoms with E-state index in [4.69, 9.17) is 4.74 Å². The number of methoxy groups -OCH3 is 1. The number of carbonyl (C=O) groups excluding carboxylic acids is 2. The van der Waals surface area contributed by atoms with Crippen molar-refractivity contribution in [3.05, 3.63) is 47.3 Å². The lowest BCUT2D eigenvalue weighted by Gasteiger charge is -2.27. The number of carbonyl (C=O) groups is 2. The molecule has 3 heterocycles. The average Bonchev–Trinajstić information content (AvgIpc) is 3.41. The molecule has 0 unspecified atom stereocenters. The topological polar surface area (TPSA) is 79.7 Å². The lowest BCUT2D eigenvalue weighted by atomic mass is 10.1. The van der Waals surface area contributed by atoms with Gasteiger partial charge in [0.25, 0.3) is 11.8 Å². The lowest BCUT2D eigenvalue weighted by Crippen LogP contribution is -2.39. The number of benzene rings is 1. The van der Waals surface area contributed by atoms with Crippen molar-refractivity contribution in [3.8, 4) is 5.75 Å². The Morgan fingerprint density at radius 3 is 2.62 bits per heavy atom. The van der Waals surface area contributed by atoms with Gasteiger partial charge < -0.3 is 19.9 Å². The second-order valence-corrected chi connectivity index (χ2v) is 7.52. The fourth-order valence-corrected chi connectivity index (χ4v) is 3.88. The predicted octanol–water partition coefficient (Wildman–Crippen LogP) is 1.37. The number of nitrogens with one attached hydrogen (secondary N) is 1. The molecule has 0 aliphatic carbocycles. The maximum Gasteiger partial charge on any atom is 0.272 e. The maximum absolute atomic E-state index is 12.9. The molecule has 154 valence electrons. The van der Waals surface area contributed by atoms with Crippen LogP contribution in [0, 0.1) is 0 Å². The minimum absolute atomic E-state index is 0.101. The Morgan fingerprint density at radius 1 is 1.14 bits per heavy atom. The average molecular weight is 397 g/mol. The largest absolute Gasteiger partial charge is 0.497 e. The monoisotopic (exact) mass is 397 g/mol. The van der Waals surface area contributed by atoms with Gasteiger partial charge in [-0.15, -0.1) is 0 Å². The molecule has 0 radical (unpaired) electrons. The van der Waals surface area contributed by atoms with E-state index in [9.17, 15) is 9.59 Å². The molecule has 8 nitrogen and oxygen atoms in total. The molecule has 29 heavy (non-hydrogen) atoms. The van der Waals surface area contributed by atoms with E-state index in [2.05, 4.69) is 15.3 Å². The summed E-state index contributed by atoms with van der Waals surface area (Å²) in [5.74, 6) is 0.466. The maximum atomic E-state index is 12.9. The SMILES string of the molecule is COc1ccc(CN2CCn3nc(C(=O)NCCN4CCCC4)cc3C2=O)cc1. The van der Waals surface area contributed by atoms with Crippen LogP contribution >= 0.6 is 0 Å². The Kier molecular flexibility index (Phi) is 5.80. The van der Waals surface area contributed by atoms with Gasteiger partial charge in [-0.3, -0.25) is 14.3 Å². The summed E-state index contributed by atoms with van der Waals surface area (Å²) >= 11 is 0. The second kappa shape index (κ2) is 8.65. The Bertz CT molecular complexity index is 871. The van der Waals surface area contributed by atoms with E-state index in [1.54, 1.807) is 22.8 Å². The van der Waals surface area contributed by atoms with Crippen LogP contribution in [0.5, 0.6) is 5.75 Å². The molecule has 0 bridgehead atoms. The van der Waals surface area contributed by atoms with Gasteiger partial charge in [0.2, 0.25) is 0 Å². The quantitative estimate of drug-likeness (QED) is 0.763. The molecule has 2 amide bonds. The van der Waals surface area contributed by atoms with E-state index in [1.165, 1.54) is 12.8 Å². The third kappa shape index (κ3) is 4.42. The number of likely N-dealkylation sites (tertiary alicyclic amines) is 1. The van der Waals surface area contributed by atoms with Crippen molar-refractivity contribution in [1.82, 2.24) is 24.9 Å². The fourth-order valence-electron chi connectivity index (χ4n) is 3.88. The van der Waals surface area contributed by atoms with Gasteiger partial charge in [0.05, 0.1) is 13.7 Å². The van der Waals surface area contributed by atoms with Crippen LogP contribution in [-0.2, 0) is 13.1 Å². The molecule has 2 aliphatic rings. The number of hydrogen-bond donors (Lipinski definition) is 1. The molecule has 1 aromatic heterocycles. The summed E-state index contributed by atoms with van der Waals surface area (Å²) in [6, 6.07) is 9.29. The number of hydrogen-bond acceptors (Lipinski definition) is 5. The summed E-state index contributed by atoms with van der Waals surface area (Å²) < 4.78 is 6.82. The molecule has 0 atom stereocenters.